The van der Waals surface area contributed by atoms with Gasteiger partial charge in [-0.25, -0.2) is 9.97 Å². The van der Waals surface area contributed by atoms with Crippen LogP contribution in [0, 0.1) is 0 Å². The average molecular weight is 279 g/mol. The van der Waals surface area contributed by atoms with Crippen molar-refractivity contribution in [1.29, 1.82) is 0 Å². The highest BCUT2D eigenvalue weighted by Gasteiger charge is 2.38. The molecule has 7 heteroatoms. The largest absolute Gasteiger partial charge is 0.377 e. The molecule has 2 rings (SSSR count). The molecule has 0 unspecified atom stereocenters. The van der Waals surface area contributed by atoms with Crippen LogP contribution in [0.4, 0.5) is 11.6 Å². The maximum atomic E-state index is 12.0. The molecule has 0 bridgehead atoms. The summed E-state index contributed by atoms with van der Waals surface area (Å²) in [4.78, 5) is 22.8. The van der Waals surface area contributed by atoms with Crippen LogP contribution in [0.15, 0.2) is 6.07 Å². The van der Waals surface area contributed by atoms with Crippen LogP contribution in [-0.2, 0) is 16.1 Å². The lowest BCUT2D eigenvalue weighted by molar-refractivity contribution is -0.126. The number of hydrogen-bond donors (Lipinski definition) is 2. The first-order valence-corrected chi connectivity index (χ1v) is 6.59. The molecule has 1 aromatic heterocycles. The number of carbonyl (C=O) groups excluding carboxylic acids is 1. The summed E-state index contributed by atoms with van der Waals surface area (Å²) in [6.45, 7) is 5.44. The minimum absolute atomic E-state index is 0.00154. The minimum Gasteiger partial charge on any atom is -0.377 e. The molecule has 1 saturated heterocycles. The Hall–Kier alpha value is -1.89. The second-order valence-corrected chi connectivity index (χ2v) is 5.18. The number of anilines is 2. The van der Waals surface area contributed by atoms with E-state index in [1.165, 1.54) is 0 Å². The van der Waals surface area contributed by atoms with Crippen molar-refractivity contribution in [3.8, 4) is 0 Å². The van der Waals surface area contributed by atoms with Gasteiger partial charge < -0.3 is 20.3 Å². The van der Waals surface area contributed by atoms with E-state index in [-0.39, 0.29) is 5.91 Å². The normalized spacial score (nSPS) is 17.8. The zero-order valence-corrected chi connectivity index (χ0v) is 12.4. The van der Waals surface area contributed by atoms with Gasteiger partial charge in [-0.1, -0.05) is 0 Å². The van der Waals surface area contributed by atoms with Crippen molar-refractivity contribution in [1.82, 2.24) is 15.3 Å². The van der Waals surface area contributed by atoms with E-state index < -0.39 is 5.54 Å². The van der Waals surface area contributed by atoms with Crippen molar-refractivity contribution in [2.24, 2.45) is 0 Å². The van der Waals surface area contributed by atoms with Gasteiger partial charge in [0, 0.05) is 33.3 Å². The minimum atomic E-state index is -0.637. The van der Waals surface area contributed by atoms with Crippen molar-refractivity contribution in [2.75, 3.05) is 37.5 Å². The molecular formula is C13H21N5O2. The van der Waals surface area contributed by atoms with E-state index in [0.717, 1.165) is 5.82 Å². The third-order valence-electron chi connectivity index (χ3n) is 3.42. The first-order chi connectivity index (χ1) is 9.48. The summed E-state index contributed by atoms with van der Waals surface area (Å²) < 4.78 is 5.09. The molecule has 7 nitrogen and oxygen atoms in total. The summed E-state index contributed by atoms with van der Waals surface area (Å²) in [6.07, 6.45) is 0. The molecule has 0 spiro atoms. The Morgan fingerprint density at radius 2 is 2.25 bits per heavy atom. The summed E-state index contributed by atoms with van der Waals surface area (Å²) >= 11 is 0. The molecular weight excluding hydrogens is 258 g/mol. The van der Waals surface area contributed by atoms with E-state index >= 15 is 0 Å². The maximum absolute atomic E-state index is 12.0. The first-order valence-electron chi connectivity index (χ1n) is 6.59. The smallest absolute Gasteiger partial charge is 0.245 e. The number of rotatable bonds is 4. The Morgan fingerprint density at radius 1 is 1.50 bits per heavy atom. The predicted octanol–water partition coefficient (Wildman–Crippen LogP) is 0.380. The molecule has 0 aromatic carbocycles. The Kier molecular flexibility index (Phi) is 4.08. The number of carbonyl (C=O) groups is 1. The van der Waals surface area contributed by atoms with Gasteiger partial charge in [0.2, 0.25) is 5.91 Å². The van der Waals surface area contributed by atoms with Gasteiger partial charge in [-0.15, -0.1) is 0 Å². The lowest BCUT2D eigenvalue weighted by Crippen LogP contribution is -2.62. The van der Waals surface area contributed by atoms with E-state index in [4.69, 9.17) is 4.74 Å². The van der Waals surface area contributed by atoms with Crippen molar-refractivity contribution in [3.63, 3.8) is 0 Å². The van der Waals surface area contributed by atoms with E-state index in [1.807, 2.05) is 24.8 Å². The Morgan fingerprint density at radius 3 is 2.90 bits per heavy atom. The van der Waals surface area contributed by atoms with E-state index in [1.54, 1.807) is 14.2 Å². The molecule has 0 atom stereocenters. The van der Waals surface area contributed by atoms with Crippen molar-refractivity contribution in [2.45, 2.75) is 26.0 Å². The van der Waals surface area contributed by atoms with Crippen LogP contribution in [0.25, 0.3) is 0 Å². The highest BCUT2D eigenvalue weighted by Crippen LogP contribution is 2.26. The van der Waals surface area contributed by atoms with Crippen LogP contribution in [0.1, 0.15) is 19.7 Å². The van der Waals surface area contributed by atoms with Gasteiger partial charge in [0.05, 0.1) is 0 Å². The number of piperazine rings is 1. The summed E-state index contributed by atoms with van der Waals surface area (Å²) in [5, 5.41) is 5.89. The third-order valence-corrected chi connectivity index (χ3v) is 3.42. The fourth-order valence-corrected chi connectivity index (χ4v) is 2.24. The lowest BCUT2D eigenvalue weighted by Gasteiger charge is -2.42. The Labute approximate surface area is 118 Å². The van der Waals surface area contributed by atoms with Gasteiger partial charge in [-0.05, 0) is 13.8 Å². The molecule has 0 aliphatic carbocycles. The summed E-state index contributed by atoms with van der Waals surface area (Å²) in [5.41, 5.74) is -0.637. The molecule has 110 valence electrons. The standard InChI is InChI=1S/C13H21N5O2/c1-13(2)12(19)15-5-6-18(13)11-7-9(14-3)16-10(17-11)8-20-4/h7H,5-6,8H2,1-4H3,(H,15,19)(H,14,16,17). The number of ether oxygens (including phenoxy) is 1. The van der Waals surface area contributed by atoms with Crippen molar-refractivity contribution < 1.29 is 9.53 Å². The lowest BCUT2D eigenvalue weighted by atomic mass is 9.99. The van der Waals surface area contributed by atoms with Gasteiger partial charge in [0.15, 0.2) is 5.82 Å². The molecule has 1 aliphatic rings. The number of hydrogen-bond acceptors (Lipinski definition) is 6. The van der Waals surface area contributed by atoms with Crippen LogP contribution in [0.5, 0.6) is 0 Å². The number of amides is 1. The first kappa shape index (κ1) is 14.5. The maximum Gasteiger partial charge on any atom is 0.245 e. The average Bonchev–Trinajstić information content (AvgIpc) is 2.41. The third kappa shape index (κ3) is 2.67. The molecule has 1 aliphatic heterocycles. The SMILES string of the molecule is CNc1cc(N2CCNC(=O)C2(C)C)nc(COC)n1. The molecule has 1 fully saturated rings. The highest BCUT2D eigenvalue weighted by molar-refractivity contribution is 5.90. The van der Waals surface area contributed by atoms with Crippen molar-refractivity contribution in [3.05, 3.63) is 11.9 Å². The number of methoxy groups -OCH3 is 1. The van der Waals surface area contributed by atoms with Crippen LogP contribution in [0.2, 0.25) is 0 Å². The molecule has 2 heterocycles. The van der Waals surface area contributed by atoms with Crippen LogP contribution < -0.4 is 15.5 Å². The number of nitrogens with zero attached hydrogens (tertiary/aromatic N) is 3. The zero-order valence-electron chi connectivity index (χ0n) is 12.4. The van der Waals surface area contributed by atoms with Gasteiger partial charge in [-0.3, -0.25) is 4.79 Å². The van der Waals surface area contributed by atoms with E-state index in [2.05, 4.69) is 20.6 Å². The van der Waals surface area contributed by atoms with E-state index in [0.29, 0.717) is 31.3 Å². The molecule has 1 aromatic rings. The second kappa shape index (κ2) is 5.62. The number of aromatic nitrogens is 2. The Bertz CT molecular complexity index is 504. The second-order valence-electron chi connectivity index (χ2n) is 5.18. The van der Waals surface area contributed by atoms with Crippen LogP contribution in [0.3, 0.4) is 0 Å². The fraction of sp³-hybridized carbons (Fsp3) is 0.615. The highest BCUT2D eigenvalue weighted by atomic mass is 16.5. The number of nitrogens with one attached hydrogen (secondary N) is 2. The topological polar surface area (TPSA) is 79.4 Å². The van der Waals surface area contributed by atoms with E-state index in [9.17, 15) is 4.79 Å². The van der Waals surface area contributed by atoms with Gasteiger partial charge in [-0.2, -0.15) is 0 Å². The fourth-order valence-electron chi connectivity index (χ4n) is 2.24. The zero-order chi connectivity index (χ0) is 14.8. The summed E-state index contributed by atoms with van der Waals surface area (Å²) in [6, 6.07) is 1.85. The Balaban J connectivity index is 2.40. The molecule has 1 amide bonds. The monoisotopic (exact) mass is 279 g/mol. The van der Waals surface area contributed by atoms with Crippen LogP contribution >= 0.6 is 0 Å². The van der Waals surface area contributed by atoms with Crippen molar-refractivity contribution >= 4 is 17.5 Å². The quantitative estimate of drug-likeness (QED) is 0.829. The predicted molar refractivity (Wildman–Crippen MR) is 76.7 cm³/mol. The summed E-state index contributed by atoms with van der Waals surface area (Å²) in [7, 11) is 3.41. The molecule has 0 radical (unpaired) electrons. The summed E-state index contributed by atoms with van der Waals surface area (Å²) in [5.74, 6) is 2.04. The molecule has 2 N–H and O–H groups in total. The van der Waals surface area contributed by atoms with Gasteiger partial charge in [0.1, 0.15) is 23.8 Å². The molecule has 20 heavy (non-hydrogen) atoms. The van der Waals surface area contributed by atoms with Gasteiger partial charge in [0.25, 0.3) is 0 Å². The van der Waals surface area contributed by atoms with Gasteiger partial charge >= 0.3 is 0 Å². The van der Waals surface area contributed by atoms with Crippen LogP contribution in [-0.4, -0.2) is 48.7 Å². The molecule has 0 saturated carbocycles.